The lowest BCUT2D eigenvalue weighted by atomic mass is 9.94. The lowest BCUT2D eigenvalue weighted by molar-refractivity contribution is 0.621. The fourth-order valence-electron chi connectivity index (χ4n) is 2.50. The fraction of sp³-hybridized carbons (Fsp3) is 0.353. The van der Waals surface area contributed by atoms with Gasteiger partial charge in [-0.3, -0.25) is 4.98 Å². The maximum Gasteiger partial charge on any atom is 0.0597 e. The second kappa shape index (κ2) is 5.98. The van der Waals surface area contributed by atoms with Crippen molar-refractivity contribution in [3.8, 4) is 0 Å². The summed E-state index contributed by atoms with van der Waals surface area (Å²) >= 11 is 0. The van der Waals surface area contributed by atoms with Gasteiger partial charge in [-0.25, -0.2) is 0 Å². The Hall–Kier alpha value is -1.67. The second-order valence-electron chi connectivity index (χ2n) is 4.97. The summed E-state index contributed by atoms with van der Waals surface area (Å²) in [7, 11) is 0. The fourth-order valence-corrected chi connectivity index (χ4v) is 2.50. The molecule has 0 aliphatic rings. The Bertz CT molecular complexity index is 561. The molecule has 0 aliphatic carbocycles. The van der Waals surface area contributed by atoms with Gasteiger partial charge in [0, 0.05) is 11.4 Å². The highest BCUT2D eigenvalue weighted by molar-refractivity contribution is 5.38. The summed E-state index contributed by atoms with van der Waals surface area (Å²) in [5.41, 5.74) is 6.09. The molecule has 1 aromatic carbocycles. The molecule has 2 rings (SSSR count). The van der Waals surface area contributed by atoms with Crippen LogP contribution in [0.15, 0.2) is 36.4 Å². The molecule has 0 aliphatic heterocycles. The Balaban J connectivity index is 2.48. The SMILES string of the molecule is CCNC(c1ccccc1C)c1ccc(C)nc1C. The monoisotopic (exact) mass is 254 g/mol. The van der Waals surface area contributed by atoms with E-state index in [-0.39, 0.29) is 6.04 Å². The van der Waals surface area contributed by atoms with Crippen LogP contribution in [0, 0.1) is 20.8 Å². The standard InChI is InChI=1S/C17H22N2/c1-5-18-17(15-9-7-6-8-12(15)2)16-11-10-13(3)19-14(16)4/h6-11,17-18H,5H2,1-4H3. The molecule has 2 nitrogen and oxygen atoms in total. The van der Waals surface area contributed by atoms with E-state index in [9.17, 15) is 0 Å². The highest BCUT2D eigenvalue weighted by Crippen LogP contribution is 2.26. The summed E-state index contributed by atoms with van der Waals surface area (Å²) in [4.78, 5) is 4.59. The van der Waals surface area contributed by atoms with Crippen molar-refractivity contribution in [2.75, 3.05) is 6.54 Å². The van der Waals surface area contributed by atoms with E-state index < -0.39 is 0 Å². The summed E-state index contributed by atoms with van der Waals surface area (Å²) in [6, 6.07) is 13.0. The molecule has 0 fully saturated rings. The van der Waals surface area contributed by atoms with Crippen LogP contribution >= 0.6 is 0 Å². The third-order valence-corrected chi connectivity index (χ3v) is 3.48. The number of rotatable bonds is 4. The zero-order chi connectivity index (χ0) is 13.8. The van der Waals surface area contributed by atoms with Crippen molar-refractivity contribution < 1.29 is 0 Å². The lowest BCUT2D eigenvalue weighted by Crippen LogP contribution is -2.24. The third-order valence-electron chi connectivity index (χ3n) is 3.48. The summed E-state index contributed by atoms with van der Waals surface area (Å²) < 4.78 is 0. The minimum atomic E-state index is 0.222. The van der Waals surface area contributed by atoms with Crippen molar-refractivity contribution in [2.45, 2.75) is 33.7 Å². The first kappa shape index (κ1) is 13.8. The summed E-state index contributed by atoms with van der Waals surface area (Å²) in [5, 5.41) is 3.58. The molecule has 1 atom stereocenters. The molecule has 1 N–H and O–H groups in total. The normalized spacial score (nSPS) is 12.4. The van der Waals surface area contributed by atoms with Crippen molar-refractivity contribution in [2.24, 2.45) is 0 Å². The van der Waals surface area contributed by atoms with Gasteiger partial charge in [0.15, 0.2) is 0 Å². The first-order valence-electron chi connectivity index (χ1n) is 6.86. The highest BCUT2D eigenvalue weighted by atomic mass is 14.9. The van der Waals surface area contributed by atoms with Gasteiger partial charge in [0.05, 0.1) is 6.04 Å². The van der Waals surface area contributed by atoms with E-state index in [1.54, 1.807) is 0 Å². The molecular formula is C17H22N2. The molecule has 0 bridgehead atoms. The van der Waals surface area contributed by atoms with E-state index in [4.69, 9.17) is 0 Å². The van der Waals surface area contributed by atoms with Gasteiger partial charge in [0.25, 0.3) is 0 Å². The predicted octanol–water partition coefficient (Wildman–Crippen LogP) is 3.71. The number of hydrogen-bond acceptors (Lipinski definition) is 2. The molecule has 1 heterocycles. The predicted molar refractivity (Wildman–Crippen MR) is 80.4 cm³/mol. The molecule has 2 heteroatoms. The van der Waals surface area contributed by atoms with Crippen LogP contribution in [0.25, 0.3) is 0 Å². The summed E-state index contributed by atoms with van der Waals surface area (Å²) in [6.45, 7) is 9.36. The molecule has 19 heavy (non-hydrogen) atoms. The van der Waals surface area contributed by atoms with Crippen molar-refractivity contribution >= 4 is 0 Å². The lowest BCUT2D eigenvalue weighted by Gasteiger charge is -2.22. The number of aromatic nitrogens is 1. The molecule has 100 valence electrons. The molecular weight excluding hydrogens is 232 g/mol. The maximum atomic E-state index is 4.59. The first-order valence-corrected chi connectivity index (χ1v) is 6.86. The Morgan fingerprint density at radius 3 is 2.37 bits per heavy atom. The van der Waals surface area contributed by atoms with E-state index in [0.29, 0.717) is 0 Å². The molecule has 1 unspecified atom stereocenters. The van der Waals surface area contributed by atoms with Crippen LogP contribution in [-0.2, 0) is 0 Å². The van der Waals surface area contributed by atoms with E-state index >= 15 is 0 Å². The van der Waals surface area contributed by atoms with E-state index in [0.717, 1.165) is 17.9 Å². The topological polar surface area (TPSA) is 24.9 Å². The van der Waals surface area contributed by atoms with Gasteiger partial charge in [-0.2, -0.15) is 0 Å². The van der Waals surface area contributed by atoms with Gasteiger partial charge in [-0.15, -0.1) is 0 Å². The average molecular weight is 254 g/mol. The van der Waals surface area contributed by atoms with Crippen LogP contribution in [0.1, 0.15) is 41.0 Å². The molecule has 0 spiro atoms. The molecule has 0 saturated heterocycles. The van der Waals surface area contributed by atoms with Crippen LogP contribution in [0.5, 0.6) is 0 Å². The molecule has 1 aromatic heterocycles. The van der Waals surface area contributed by atoms with Gasteiger partial charge < -0.3 is 5.32 Å². The van der Waals surface area contributed by atoms with Gasteiger partial charge in [0.2, 0.25) is 0 Å². The van der Waals surface area contributed by atoms with E-state index in [1.165, 1.54) is 16.7 Å². The van der Waals surface area contributed by atoms with Crippen molar-refractivity contribution in [1.29, 1.82) is 0 Å². The van der Waals surface area contributed by atoms with Crippen LogP contribution in [0.2, 0.25) is 0 Å². The summed E-state index contributed by atoms with van der Waals surface area (Å²) in [6.07, 6.45) is 0. The van der Waals surface area contributed by atoms with E-state index in [2.05, 4.69) is 67.5 Å². The molecule has 2 aromatic rings. The number of nitrogens with one attached hydrogen (secondary N) is 1. The zero-order valence-electron chi connectivity index (χ0n) is 12.2. The van der Waals surface area contributed by atoms with Crippen LogP contribution in [0.3, 0.4) is 0 Å². The Kier molecular flexibility index (Phi) is 4.33. The van der Waals surface area contributed by atoms with Crippen LogP contribution in [-0.4, -0.2) is 11.5 Å². The zero-order valence-corrected chi connectivity index (χ0v) is 12.2. The van der Waals surface area contributed by atoms with Crippen molar-refractivity contribution in [1.82, 2.24) is 10.3 Å². The minimum absolute atomic E-state index is 0.222. The number of nitrogens with zero attached hydrogens (tertiary/aromatic N) is 1. The smallest absolute Gasteiger partial charge is 0.0597 e. The Labute approximate surface area is 115 Å². The maximum absolute atomic E-state index is 4.59. The molecule has 0 radical (unpaired) electrons. The van der Waals surface area contributed by atoms with Gasteiger partial charge >= 0.3 is 0 Å². The first-order chi connectivity index (χ1) is 9.13. The number of aryl methyl sites for hydroxylation is 3. The Morgan fingerprint density at radius 2 is 1.74 bits per heavy atom. The molecule has 0 amide bonds. The van der Waals surface area contributed by atoms with Crippen LogP contribution in [0.4, 0.5) is 0 Å². The quantitative estimate of drug-likeness (QED) is 0.899. The van der Waals surface area contributed by atoms with Gasteiger partial charge in [-0.1, -0.05) is 37.3 Å². The number of benzene rings is 1. The highest BCUT2D eigenvalue weighted by Gasteiger charge is 2.17. The van der Waals surface area contributed by atoms with Crippen LogP contribution < -0.4 is 5.32 Å². The third kappa shape index (κ3) is 3.02. The van der Waals surface area contributed by atoms with Crippen molar-refractivity contribution in [3.05, 3.63) is 64.5 Å². The Morgan fingerprint density at radius 1 is 1.00 bits per heavy atom. The average Bonchev–Trinajstić information content (AvgIpc) is 2.38. The summed E-state index contributed by atoms with van der Waals surface area (Å²) in [5.74, 6) is 0. The van der Waals surface area contributed by atoms with E-state index in [1.807, 2.05) is 6.92 Å². The van der Waals surface area contributed by atoms with Gasteiger partial charge in [0.1, 0.15) is 0 Å². The molecule has 0 saturated carbocycles. The van der Waals surface area contributed by atoms with Crippen molar-refractivity contribution in [3.63, 3.8) is 0 Å². The van der Waals surface area contributed by atoms with Gasteiger partial charge in [-0.05, 0) is 50.1 Å². The number of pyridine rings is 1. The number of hydrogen-bond donors (Lipinski definition) is 1. The minimum Gasteiger partial charge on any atom is -0.306 e. The largest absolute Gasteiger partial charge is 0.306 e. The second-order valence-corrected chi connectivity index (χ2v) is 4.97.